The molecule has 0 atom stereocenters. The lowest BCUT2D eigenvalue weighted by molar-refractivity contribution is -0.132. The molecule has 1 aromatic carbocycles. The van der Waals surface area contributed by atoms with Gasteiger partial charge in [0.2, 0.25) is 5.91 Å². The van der Waals surface area contributed by atoms with E-state index in [9.17, 15) is 9.59 Å². The van der Waals surface area contributed by atoms with Crippen molar-refractivity contribution in [2.75, 3.05) is 33.3 Å². The van der Waals surface area contributed by atoms with Gasteiger partial charge in [0.1, 0.15) is 5.75 Å². The van der Waals surface area contributed by atoms with E-state index in [1.807, 2.05) is 29.7 Å². The van der Waals surface area contributed by atoms with Crippen LogP contribution in [0.1, 0.15) is 40.7 Å². The average Bonchev–Trinajstić information content (AvgIpc) is 3.44. The minimum atomic E-state index is -0.0722. The van der Waals surface area contributed by atoms with E-state index in [0.29, 0.717) is 36.0 Å². The first-order chi connectivity index (χ1) is 11.9. The summed E-state index contributed by atoms with van der Waals surface area (Å²) in [7, 11) is 1.57. The molecule has 6 heteroatoms. The van der Waals surface area contributed by atoms with Gasteiger partial charge in [0.05, 0.1) is 12.7 Å². The number of aryl methyl sites for hydroxylation is 1. The first kappa shape index (κ1) is 18.1. The van der Waals surface area contributed by atoms with E-state index < -0.39 is 0 Å². The van der Waals surface area contributed by atoms with Crippen molar-refractivity contribution in [1.82, 2.24) is 9.80 Å². The van der Waals surface area contributed by atoms with Crippen LogP contribution in [0, 0.1) is 19.8 Å². The molecule has 0 spiro atoms. The van der Waals surface area contributed by atoms with E-state index in [2.05, 4.69) is 0 Å². The van der Waals surface area contributed by atoms with Crippen molar-refractivity contribution >= 4 is 23.4 Å². The molecule has 0 aromatic heterocycles. The second kappa shape index (κ2) is 7.24. The van der Waals surface area contributed by atoms with Crippen molar-refractivity contribution in [3.8, 4) is 5.75 Å². The minimum Gasteiger partial charge on any atom is -0.496 e. The molecule has 1 heterocycles. The van der Waals surface area contributed by atoms with E-state index in [0.717, 1.165) is 36.9 Å². The van der Waals surface area contributed by atoms with Gasteiger partial charge in [-0.1, -0.05) is 11.6 Å². The molecule has 1 aliphatic heterocycles. The average molecular weight is 365 g/mol. The van der Waals surface area contributed by atoms with Crippen molar-refractivity contribution in [2.45, 2.75) is 33.1 Å². The van der Waals surface area contributed by atoms with Gasteiger partial charge in [-0.2, -0.15) is 0 Å². The van der Waals surface area contributed by atoms with Crippen LogP contribution in [0.4, 0.5) is 0 Å². The highest BCUT2D eigenvalue weighted by molar-refractivity contribution is 6.32. The zero-order valence-electron chi connectivity index (χ0n) is 15.1. The number of amides is 2. The number of rotatable bonds is 3. The van der Waals surface area contributed by atoms with Gasteiger partial charge in [-0.3, -0.25) is 9.59 Å². The summed E-state index contributed by atoms with van der Waals surface area (Å²) in [4.78, 5) is 29.1. The third kappa shape index (κ3) is 3.61. The number of nitrogens with zero attached hydrogens (tertiary/aromatic N) is 2. The molecule has 3 rings (SSSR count). The number of ether oxygens (including phenoxy) is 1. The minimum absolute atomic E-state index is 0.0722. The quantitative estimate of drug-likeness (QED) is 0.828. The van der Waals surface area contributed by atoms with Crippen LogP contribution < -0.4 is 4.74 Å². The second-order valence-corrected chi connectivity index (χ2v) is 7.33. The summed E-state index contributed by atoms with van der Waals surface area (Å²) < 4.78 is 5.43. The number of hydrogen-bond acceptors (Lipinski definition) is 3. The van der Waals surface area contributed by atoms with Crippen LogP contribution in [0.2, 0.25) is 5.02 Å². The Morgan fingerprint density at radius 3 is 2.40 bits per heavy atom. The van der Waals surface area contributed by atoms with E-state index >= 15 is 0 Å². The second-order valence-electron chi connectivity index (χ2n) is 6.96. The smallest absolute Gasteiger partial charge is 0.258 e. The molecule has 0 unspecified atom stereocenters. The summed E-state index contributed by atoms with van der Waals surface area (Å²) in [6.07, 6.45) is 2.82. The predicted molar refractivity (Wildman–Crippen MR) is 97.3 cm³/mol. The Morgan fingerprint density at radius 2 is 1.76 bits per heavy atom. The van der Waals surface area contributed by atoms with Gasteiger partial charge in [-0.25, -0.2) is 0 Å². The van der Waals surface area contributed by atoms with Gasteiger partial charge in [0.25, 0.3) is 5.91 Å². The SMILES string of the molecule is COc1cc(C)c(Cl)c(C)c1C(=O)N1CCCN(C(=O)C2CC2)CC1. The fourth-order valence-corrected chi connectivity index (χ4v) is 3.59. The number of carbonyl (C=O) groups is 2. The van der Waals surface area contributed by atoms with Crippen molar-refractivity contribution in [1.29, 1.82) is 0 Å². The fraction of sp³-hybridized carbons (Fsp3) is 0.579. The Hall–Kier alpha value is -1.75. The Labute approximate surface area is 153 Å². The zero-order valence-corrected chi connectivity index (χ0v) is 15.9. The molecule has 25 heavy (non-hydrogen) atoms. The molecule has 0 N–H and O–H groups in total. The molecule has 1 aromatic rings. The Balaban J connectivity index is 1.79. The van der Waals surface area contributed by atoms with Gasteiger partial charge < -0.3 is 14.5 Å². The topological polar surface area (TPSA) is 49.9 Å². The molecule has 1 saturated heterocycles. The Morgan fingerprint density at radius 1 is 1.12 bits per heavy atom. The maximum Gasteiger partial charge on any atom is 0.258 e. The molecule has 2 fully saturated rings. The van der Waals surface area contributed by atoms with E-state index in [4.69, 9.17) is 16.3 Å². The van der Waals surface area contributed by atoms with Crippen LogP contribution in [0.25, 0.3) is 0 Å². The molecular weight excluding hydrogens is 340 g/mol. The summed E-state index contributed by atoms with van der Waals surface area (Å²) in [5.74, 6) is 0.957. The standard InChI is InChI=1S/C19H25ClN2O3/c1-12-11-15(25-3)16(13(2)17(12)20)19(24)22-8-4-7-21(9-10-22)18(23)14-5-6-14/h11,14H,4-10H2,1-3H3. The van der Waals surface area contributed by atoms with Crippen molar-refractivity contribution in [2.24, 2.45) is 5.92 Å². The third-order valence-corrected chi connectivity index (χ3v) is 5.68. The molecule has 2 amide bonds. The largest absolute Gasteiger partial charge is 0.496 e. The molecule has 136 valence electrons. The van der Waals surface area contributed by atoms with Crippen LogP contribution in [0.5, 0.6) is 5.75 Å². The highest BCUT2D eigenvalue weighted by Crippen LogP contribution is 2.33. The van der Waals surface area contributed by atoms with Gasteiger partial charge in [-0.15, -0.1) is 0 Å². The van der Waals surface area contributed by atoms with E-state index in [1.165, 1.54) is 0 Å². The molecule has 0 bridgehead atoms. The number of carbonyl (C=O) groups excluding carboxylic acids is 2. The van der Waals surface area contributed by atoms with Gasteiger partial charge in [0, 0.05) is 37.1 Å². The lowest BCUT2D eigenvalue weighted by Gasteiger charge is -2.24. The molecule has 2 aliphatic rings. The lowest BCUT2D eigenvalue weighted by Crippen LogP contribution is -2.38. The Bertz CT molecular complexity index is 700. The van der Waals surface area contributed by atoms with Crippen LogP contribution in [-0.4, -0.2) is 54.9 Å². The number of hydrogen-bond donors (Lipinski definition) is 0. The maximum atomic E-state index is 13.1. The van der Waals surface area contributed by atoms with Gasteiger partial charge in [-0.05, 0) is 50.3 Å². The van der Waals surface area contributed by atoms with Crippen molar-refractivity contribution in [3.63, 3.8) is 0 Å². The predicted octanol–water partition coefficient (Wildman–Crippen LogP) is 3.05. The molecule has 0 radical (unpaired) electrons. The van der Waals surface area contributed by atoms with Gasteiger partial charge in [0.15, 0.2) is 0 Å². The van der Waals surface area contributed by atoms with Crippen LogP contribution in [0.15, 0.2) is 6.07 Å². The van der Waals surface area contributed by atoms with E-state index in [1.54, 1.807) is 7.11 Å². The van der Waals surface area contributed by atoms with E-state index in [-0.39, 0.29) is 17.7 Å². The first-order valence-corrected chi connectivity index (χ1v) is 9.23. The highest BCUT2D eigenvalue weighted by Gasteiger charge is 2.34. The number of benzene rings is 1. The first-order valence-electron chi connectivity index (χ1n) is 8.85. The molecule has 1 saturated carbocycles. The fourth-order valence-electron chi connectivity index (χ4n) is 3.44. The Kier molecular flexibility index (Phi) is 5.23. The highest BCUT2D eigenvalue weighted by atomic mass is 35.5. The van der Waals surface area contributed by atoms with Crippen molar-refractivity contribution in [3.05, 3.63) is 27.8 Å². The molecule has 1 aliphatic carbocycles. The van der Waals surface area contributed by atoms with Crippen LogP contribution in [0.3, 0.4) is 0 Å². The number of halogens is 1. The summed E-state index contributed by atoms with van der Waals surface area (Å²) >= 11 is 6.35. The summed E-state index contributed by atoms with van der Waals surface area (Å²) in [6.45, 7) is 6.27. The third-order valence-electron chi connectivity index (χ3n) is 5.10. The monoisotopic (exact) mass is 364 g/mol. The van der Waals surface area contributed by atoms with Crippen LogP contribution in [-0.2, 0) is 4.79 Å². The number of methoxy groups -OCH3 is 1. The molecular formula is C19H25ClN2O3. The molecule has 5 nitrogen and oxygen atoms in total. The van der Waals surface area contributed by atoms with Crippen molar-refractivity contribution < 1.29 is 14.3 Å². The maximum absolute atomic E-state index is 13.1. The van der Waals surface area contributed by atoms with Gasteiger partial charge >= 0.3 is 0 Å². The van der Waals surface area contributed by atoms with Crippen LogP contribution >= 0.6 is 11.6 Å². The summed E-state index contributed by atoms with van der Waals surface area (Å²) in [5.41, 5.74) is 2.17. The summed E-state index contributed by atoms with van der Waals surface area (Å²) in [5, 5.41) is 0.601. The zero-order chi connectivity index (χ0) is 18.1. The lowest BCUT2D eigenvalue weighted by atomic mass is 10.0. The normalized spacial score (nSPS) is 18.1. The summed E-state index contributed by atoms with van der Waals surface area (Å²) in [6, 6.07) is 1.81.